The summed E-state index contributed by atoms with van der Waals surface area (Å²) in [5.74, 6) is 1.97. The lowest BCUT2D eigenvalue weighted by molar-refractivity contribution is 0.269. The summed E-state index contributed by atoms with van der Waals surface area (Å²) < 4.78 is 11.4. The Labute approximate surface area is 118 Å². The molecule has 3 heteroatoms. The first-order valence-electron chi connectivity index (χ1n) is 6.32. The van der Waals surface area contributed by atoms with E-state index in [2.05, 4.69) is 0 Å². The second-order valence-corrected chi connectivity index (χ2v) is 4.39. The van der Waals surface area contributed by atoms with Crippen LogP contribution in [0.1, 0.15) is 18.1 Å². The van der Waals surface area contributed by atoms with Gasteiger partial charge in [0.1, 0.15) is 6.61 Å². The molecule has 0 saturated heterocycles. The summed E-state index contributed by atoms with van der Waals surface area (Å²) >= 11 is 5.83. The Morgan fingerprint density at radius 1 is 0.895 bits per heavy atom. The highest BCUT2D eigenvalue weighted by molar-refractivity contribution is 6.17. The van der Waals surface area contributed by atoms with Crippen molar-refractivity contribution in [2.45, 2.75) is 19.4 Å². The highest BCUT2D eigenvalue weighted by Crippen LogP contribution is 2.29. The predicted molar refractivity (Wildman–Crippen MR) is 77.9 cm³/mol. The average Bonchev–Trinajstić information content (AvgIpc) is 2.47. The minimum Gasteiger partial charge on any atom is -0.490 e. The molecule has 0 aliphatic heterocycles. The fourth-order valence-corrected chi connectivity index (χ4v) is 1.92. The first-order valence-corrected chi connectivity index (χ1v) is 6.85. The number of halogens is 1. The summed E-state index contributed by atoms with van der Waals surface area (Å²) in [5, 5.41) is 0. The third-order valence-corrected chi connectivity index (χ3v) is 3.01. The van der Waals surface area contributed by atoms with E-state index in [4.69, 9.17) is 21.1 Å². The molecule has 2 nitrogen and oxygen atoms in total. The van der Waals surface area contributed by atoms with Crippen LogP contribution < -0.4 is 9.47 Å². The molecule has 2 aromatic rings. The summed E-state index contributed by atoms with van der Waals surface area (Å²) in [6.45, 7) is 3.09. The molecule has 100 valence electrons. The molecule has 0 spiro atoms. The van der Waals surface area contributed by atoms with E-state index >= 15 is 0 Å². The number of alkyl halides is 1. The monoisotopic (exact) mass is 276 g/mol. The van der Waals surface area contributed by atoms with Crippen molar-refractivity contribution in [3.63, 3.8) is 0 Å². The van der Waals surface area contributed by atoms with Crippen molar-refractivity contribution in [1.82, 2.24) is 0 Å². The van der Waals surface area contributed by atoms with Crippen LogP contribution in [0.25, 0.3) is 0 Å². The van der Waals surface area contributed by atoms with E-state index in [0.717, 1.165) is 22.6 Å². The maximum absolute atomic E-state index is 5.83. The zero-order valence-corrected chi connectivity index (χ0v) is 11.7. The van der Waals surface area contributed by atoms with Gasteiger partial charge in [-0.15, -0.1) is 11.6 Å². The van der Waals surface area contributed by atoms with Crippen LogP contribution in [0, 0.1) is 0 Å². The number of rotatable bonds is 6. The minimum atomic E-state index is 0.471. The van der Waals surface area contributed by atoms with Gasteiger partial charge < -0.3 is 9.47 Å². The predicted octanol–water partition coefficient (Wildman–Crippen LogP) is 4.40. The summed E-state index contributed by atoms with van der Waals surface area (Å²) in [4.78, 5) is 0. The Morgan fingerprint density at radius 2 is 1.68 bits per heavy atom. The Balaban J connectivity index is 2.10. The number of benzene rings is 2. The third-order valence-electron chi connectivity index (χ3n) is 2.70. The molecule has 0 saturated carbocycles. The average molecular weight is 277 g/mol. The van der Waals surface area contributed by atoms with Gasteiger partial charge in [-0.05, 0) is 30.2 Å². The molecular formula is C16H17ClO2. The fourth-order valence-electron chi connectivity index (χ4n) is 1.76. The number of hydrogen-bond acceptors (Lipinski definition) is 2. The van der Waals surface area contributed by atoms with Crippen molar-refractivity contribution in [2.75, 3.05) is 6.61 Å². The first-order chi connectivity index (χ1) is 9.33. The van der Waals surface area contributed by atoms with Crippen molar-refractivity contribution >= 4 is 11.6 Å². The molecule has 0 radical (unpaired) electrons. The molecule has 0 aliphatic rings. The maximum atomic E-state index is 5.83. The Morgan fingerprint density at radius 3 is 2.37 bits per heavy atom. The standard InChI is InChI=1S/C16H17ClO2/c1-2-18-16-10-14(11-17)8-9-15(16)19-12-13-6-4-3-5-7-13/h3-10H,2,11-12H2,1H3. The van der Waals surface area contributed by atoms with Crippen LogP contribution in [0.3, 0.4) is 0 Å². The lowest BCUT2D eigenvalue weighted by Crippen LogP contribution is -2.00. The van der Waals surface area contributed by atoms with Crippen LogP contribution in [0.2, 0.25) is 0 Å². The van der Waals surface area contributed by atoms with E-state index < -0.39 is 0 Å². The van der Waals surface area contributed by atoms with Crippen LogP contribution in [0.15, 0.2) is 48.5 Å². The van der Waals surface area contributed by atoms with Crippen LogP contribution in [-0.2, 0) is 12.5 Å². The van der Waals surface area contributed by atoms with E-state index in [1.54, 1.807) is 0 Å². The highest BCUT2D eigenvalue weighted by Gasteiger charge is 2.06. The summed E-state index contributed by atoms with van der Waals surface area (Å²) in [6.07, 6.45) is 0. The van der Waals surface area contributed by atoms with Gasteiger partial charge in [0.05, 0.1) is 6.61 Å². The molecule has 0 amide bonds. The largest absolute Gasteiger partial charge is 0.490 e. The molecule has 0 unspecified atom stereocenters. The van der Waals surface area contributed by atoms with Gasteiger partial charge in [-0.1, -0.05) is 36.4 Å². The van der Waals surface area contributed by atoms with Gasteiger partial charge >= 0.3 is 0 Å². The van der Waals surface area contributed by atoms with E-state index in [1.165, 1.54) is 0 Å². The number of hydrogen-bond donors (Lipinski definition) is 0. The Kier molecular flexibility index (Phi) is 5.10. The zero-order chi connectivity index (χ0) is 13.5. The van der Waals surface area contributed by atoms with Crippen LogP contribution in [0.4, 0.5) is 0 Å². The molecule has 19 heavy (non-hydrogen) atoms. The molecule has 2 aromatic carbocycles. The molecule has 0 atom stereocenters. The molecule has 0 aromatic heterocycles. The zero-order valence-electron chi connectivity index (χ0n) is 10.9. The van der Waals surface area contributed by atoms with Crippen LogP contribution in [-0.4, -0.2) is 6.61 Å². The summed E-state index contributed by atoms with van der Waals surface area (Å²) in [7, 11) is 0. The SMILES string of the molecule is CCOc1cc(CCl)ccc1OCc1ccccc1. The summed E-state index contributed by atoms with van der Waals surface area (Å²) in [6, 6.07) is 15.8. The van der Waals surface area contributed by atoms with Gasteiger partial charge in [0.25, 0.3) is 0 Å². The number of ether oxygens (including phenoxy) is 2. The van der Waals surface area contributed by atoms with Gasteiger partial charge in [-0.3, -0.25) is 0 Å². The highest BCUT2D eigenvalue weighted by atomic mass is 35.5. The van der Waals surface area contributed by atoms with Crippen LogP contribution >= 0.6 is 11.6 Å². The van der Waals surface area contributed by atoms with Gasteiger partial charge in [-0.2, -0.15) is 0 Å². The molecule has 0 aliphatic carbocycles. The van der Waals surface area contributed by atoms with Gasteiger partial charge in [0.15, 0.2) is 11.5 Å². The first kappa shape index (κ1) is 13.8. The lowest BCUT2D eigenvalue weighted by atomic mass is 10.2. The van der Waals surface area contributed by atoms with Crippen molar-refractivity contribution in [1.29, 1.82) is 0 Å². The van der Waals surface area contributed by atoms with E-state index in [-0.39, 0.29) is 0 Å². The minimum absolute atomic E-state index is 0.471. The molecule has 0 bridgehead atoms. The molecule has 0 fully saturated rings. The topological polar surface area (TPSA) is 18.5 Å². The van der Waals surface area contributed by atoms with Crippen molar-refractivity contribution < 1.29 is 9.47 Å². The summed E-state index contributed by atoms with van der Waals surface area (Å²) in [5.41, 5.74) is 2.16. The smallest absolute Gasteiger partial charge is 0.161 e. The van der Waals surface area contributed by atoms with Crippen molar-refractivity contribution in [3.05, 3.63) is 59.7 Å². The van der Waals surface area contributed by atoms with Gasteiger partial charge in [-0.25, -0.2) is 0 Å². The van der Waals surface area contributed by atoms with Crippen molar-refractivity contribution in [2.24, 2.45) is 0 Å². The lowest BCUT2D eigenvalue weighted by Gasteiger charge is -2.13. The second kappa shape index (κ2) is 7.05. The van der Waals surface area contributed by atoms with E-state index in [0.29, 0.717) is 19.1 Å². The van der Waals surface area contributed by atoms with Crippen LogP contribution in [0.5, 0.6) is 11.5 Å². The second-order valence-electron chi connectivity index (χ2n) is 4.12. The quantitative estimate of drug-likeness (QED) is 0.728. The molecule has 0 N–H and O–H groups in total. The fraction of sp³-hybridized carbons (Fsp3) is 0.250. The molecule has 2 rings (SSSR count). The Bertz CT molecular complexity index is 511. The third kappa shape index (κ3) is 3.90. The van der Waals surface area contributed by atoms with Crippen molar-refractivity contribution in [3.8, 4) is 11.5 Å². The molecule has 0 heterocycles. The maximum Gasteiger partial charge on any atom is 0.161 e. The van der Waals surface area contributed by atoms with E-state index in [9.17, 15) is 0 Å². The molecular weight excluding hydrogens is 260 g/mol. The van der Waals surface area contributed by atoms with E-state index in [1.807, 2.05) is 55.5 Å². The normalized spacial score (nSPS) is 10.2. The van der Waals surface area contributed by atoms with Gasteiger partial charge in [0.2, 0.25) is 0 Å². The Hall–Kier alpha value is -1.67. The van der Waals surface area contributed by atoms with Gasteiger partial charge in [0, 0.05) is 5.88 Å².